The maximum atomic E-state index is 12.3. The topological polar surface area (TPSA) is 35.6 Å². The highest BCUT2D eigenvalue weighted by atomic mass is 16.2. The Hall–Kier alpha value is -1.55. The summed E-state index contributed by atoms with van der Waals surface area (Å²) in [5.41, 5.74) is 1.22. The number of nitrogens with zero attached hydrogens (tertiary/aromatic N) is 2. The minimum Gasteiger partial charge on any atom is -0.335 e. The normalized spacial score (nSPS) is 24.3. The summed E-state index contributed by atoms with van der Waals surface area (Å²) in [7, 11) is 2.12. The lowest BCUT2D eigenvalue weighted by Gasteiger charge is -2.40. The van der Waals surface area contributed by atoms with E-state index in [4.69, 9.17) is 0 Å². The average Bonchev–Trinajstić information content (AvgIpc) is 3.23. The predicted molar refractivity (Wildman–Crippen MR) is 74.9 cm³/mol. The van der Waals surface area contributed by atoms with Crippen LogP contribution >= 0.6 is 0 Å². The van der Waals surface area contributed by atoms with Crippen LogP contribution in [0, 0.1) is 0 Å². The van der Waals surface area contributed by atoms with Crippen molar-refractivity contribution in [2.75, 3.05) is 26.7 Å². The molecule has 4 nitrogen and oxygen atoms in total. The summed E-state index contributed by atoms with van der Waals surface area (Å²) in [5.74, 6) is 0. The molecule has 1 aliphatic heterocycles. The van der Waals surface area contributed by atoms with Gasteiger partial charge in [-0.2, -0.15) is 0 Å². The van der Waals surface area contributed by atoms with Crippen LogP contribution in [0.3, 0.4) is 0 Å². The van der Waals surface area contributed by atoms with Gasteiger partial charge in [0, 0.05) is 25.7 Å². The number of carbonyl (C=O) groups excluding carboxylic acids is 1. The van der Waals surface area contributed by atoms with Crippen molar-refractivity contribution in [3.63, 3.8) is 0 Å². The van der Waals surface area contributed by atoms with E-state index in [9.17, 15) is 4.79 Å². The quantitative estimate of drug-likeness (QED) is 0.879. The first-order chi connectivity index (χ1) is 9.24. The van der Waals surface area contributed by atoms with Crippen molar-refractivity contribution in [1.82, 2.24) is 15.1 Å². The molecule has 2 fully saturated rings. The van der Waals surface area contributed by atoms with Crippen molar-refractivity contribution in [2.45, 2.75) is 24.9 Å². The van der Waals surface area contributed by atoms with Crippen LogP contribution < -0.4 is 5.32 Å². The zero-order valence-electron chi connectivity index (χ0n) is 11.4. The van der Waals surface area contributed by atoms with Crippen molar-refractivity contribution < 1.29 is 4.79 Å². The molecule has 1 aliphatic carbocycles. The SMILES string of the molecule is CN1CCN(C(=O)NC2CC2)C(c2ccccc2)C1. The molecule has 1 N–H and O–H groups in total. The summed E-state index contributed by atoms with van der Waals surface area (Å²) in [6.07, 6.45) is 2.27. The Bertz CT molecular complexity index is 444. The van der Waals surface area contributed by atoms with E-state index in [1.54, 1.807) is 0 Å². The number of urea groups is 1. The lowest BCUT2D eigenvalue weighted by atomic mass is 10.0. The number of amides is 2. The molecule has 1 atom stereocenters. The van der Waals surface area contributed by atoms with Crippen LogP contribution in [0.2, 0.25) is 0 Å². The highest BCUT2D eigenvalue weighted by Crippen LogP contribution is 2.26. The standard InChI is InChI=1S/C15H21N3O/c1-17-9-10-18(15(19)16-13-7-8-13)14(11-17)12-5-3-2-4-6-12/h2-6,13-14H,7-11H2,1H3,(H,16,19). The maximum absolute atomic E-state index is 12.3. The monoisotopic (exact) mass is 259 g/mol. The van der Waals surface area contributed by atoms with E-state index in [0.717, 1.165) is 32.5 Å². The van der Waals surface area contributed by atoms with Gasteiger partial charge in [0.2, 0.25) is 0 Å². The fourth-order valence-corrected chi connectivity index (χ4v) is 2.61. The predicted octanol–water partition coefficient (Wildman–Crippen LogP) is 1.85. The van der Waals surface area contributed by atoms with E-state index in [2.05, 4.69) is 29.4 Å². The molecule has 0 radical (unpaired) electrons. The second-order valence-corrected chi connectivity index (χ2v) is 5.61. The number of likely N-dealkylation sites (N-methyl/N-ethyl adjacent to an activating group) is 1. The first-order valence-electron chi connectivity index (χ1n) is 7.04. The van der Waals surface area contributed by atoms with Crippen molar-refractivity contribution in [2.24, 2.45) is 0 Å². The number of carbonyl (C=O) groups is 1. The fraction of sp³-hybridized carbons (Fsp3) is 0.533. The molecule has 1 saturated heterocycles. The lowest BCUT2D eigenvalue weighted by molar-refractivity contribution is 0.108. The van der Waals surface area contributed by atoms with E-state index in [1.165, 1.54) is 5.56 Å². The van der Waals surface area contributed by atoms with Crippen LogP contribution in [-0.4, -0.2) is 48.6 Å². The molecule has 102 valence electrons. The molecular weight excluding hydrogens is 238 g/mol. The Morgan fingerprint density at radius 2 is 1.95 bits per heavy atom. The van der Waals surface area contributed by atoms with Crippen molar-refractivity contribution in [1.29, 1.82) is 0 Å². The van der Waals surface area contributed by atoms with Gasteiger partial charge in [-0.3, -0.25) is 0 Å². The van der Waals surface area contributed by atoms with Crippen LogP contribution in [0.25, 0.3) is 0 Å². The fourth-order valence-electron chi connectivity index (χ4n) is 2.61. The lowest BCUT2D eigenvalue weighted by Crippen LogP contribution is -2.52. The van der Waals surface area contributed by atoms with E-state index in [1.807, 2.05) is 23.1 Å². The Morgan fingerprint density at radius 1 is 1.21 bits per heavy atom. The largest absolute Gasteiger partial charge is 0.335 e. The summed E-state index contributed by atoms with van der Waals surface area (Å²) in [5, 5.41) is 3.11. The number of hydrogen-bond acceptors (Lipinski definition) is 2. The van der Waals surface area contributed by atoms with Gasteiger partial charge in [-0.1, -0.05) is 30.3 Å². The summed E-state index contributed by atoms with van der Waals surface area (Å²) in [4.78, 5) is 16.6. The highest BCUT2D eigenvalue weighted by molar-refractivity contribution is 5.75. The Labute approximate surface area is 114 Å². The first kappa shape index (κ1) is 12.5. The van der Waals surface area contributed by atoms with Crippen molar-refractivity contribution in [3.05, 3.63) is 35.9 Å². The van der Waals surface area contributed by atoms with Crippen LogP contribution in [0.4, 0.5) is 4.79 Å². The molecule has 4 heteroatoms. The summed E-state index contributed by atoms with van der Waals surface area (Å²) in [6, 6.07) is 11.0. The second kappa shape index (κ2) is 5.21. The zero-order valence-corrected chi connectivity index (χ0v) is 11.4. The third-order valence-electron chi connectivity index (χ3n) is 3.93. The number of hydrogen-bond donors (Lipinski definition) is 1. The number of benzene rings is 1. The molecule has 1 aromatic rings. The minimum absolute atomic E-state index is 0.101. The van der Waals surface area contributed by atoms with Crippen LogP contribution in [0.15, 0.2) is 30.3 Å². The van der Waals surface area contributed by atoms with E-state index >= 15 is 0 Å². The van der Waals surface area contributed by atoms with Gasteiger partial charge in [0.25, 0.3) is 0 Å². The molecule has 0 spiro atoms. The molecule has 19 heavy (non-hydrogen) atoms. The molecule has 1 heterocycles. The van der Waals surface area contributed by atoms with E-state index < -0.39 is 0 Å². The van der Waals surface area contributed by atoms with Gasteiger partial charge in [0.15, 0.2) is 0 Å². The summed E-state index contributed by atoms with van der Waals surface area (Å²) in [6.45, 7) is 2.65. The molecule has 0 bridgehead atoms. The molecular formula is C15H21N3O. The third kappa shape index (κ3) is 2.89. The number of nitrogens with one attached hydrogen (secondary N) is 1. The molecule has 1 saturated carbocycles. The van der Waals surface area contributed by atoms with Gasteiger partial charge >= 0.3 is 6.03 Å². The van der Waals surface area contributed by atoms with E-state index in [0.29, 0.717) is 6.04 Å². The van der Waals surface area contributed by atoms with Crippen LogP contribution in [0.1, 0.15) is 24.4 Å². The van der Waals surface area contributed by atoms with Crippen LogP contribution in [-0.2, 0) is 0 Å². The van der Waals surface area contributed by atoms with Gasteiger partial charge in [-0.15, -0.1) is 0 Å². The molecule has 2 aliphatic rings. The van der Waals surface area contributed by atoms with E-state index in [-0.39, 0.29) is 12.1 Å². The van der Waals surface area contributed by atoms with Crippen molar-refractivity contribution >= 4 is 6.03 Å². The number of rotatable bonds is 2. The van der Waals surface area contributed by atoms with Gasteiger partial charge in [-0.25, -0.2) is 4.79 Å². The van der Waals surface area contributed by atoms with Gasteiger partial charge in [-0.05, 0) is 25.5 Å². The smallest absolute Gasteiger partial charge is 0.318 e. The van der Waals surface area contributed by atoms with Crippen LogP contribution in [0.5, 0.6) is 0 Å². The summed E-state index contributed by atoms with van der Waals surface area (Å²) < 4.78 is 0. The Balaban J connectivity index is 1.77. The van der Waals surface area contributed by atoms with Gasteiger partial charge in [0.05, 0.1) is 6.04 Å². The van der Waals surface area contributed by atoms with Gasteiger partial charge in [0.1, 0.15) is 0 Å². The molecule has 0 aromatic heterocycles. The molecule has 1 unspecified atom stereocenters. The van der Waals surface area contributed by atoms with Crippen molar-refractivity contribution in [3.8, 4) is 0 Å². The molecule has 3 rings (SSSR count). The second-order valence-electron chi connectivity index (χ2n) is 5.61. The Kier molecular flexibility index (Phi) is 3.42. The third-order valence-corrected chi connectivity index (χ3v) is 3.93. The van der Waals surface area contributed by atoms with Gasteiger partial charge < -0.3 is 15.1 Å². The maximum Gasteiger partial charge on any atom is 0.318 e. The zero-order chi connectivity index (χ0) is 13.2. The molecule has 1 aromatic carbocycles. The molecule has 2 amide bonds. The summed E-state index contributed by atoms with van der Waals surface area (Å²) >= 11 is 0. The highest BCUT2D eigenvalue weighted by Gasteiger charge is 2.33. The minimum atomic E-state index is 0.101. The number of piperazine rings is 1. The Morgan fingerprint density at radius 3 is 2.63 bits per heavy atom. The average molecular weight is 259 g/mol. The first-order valence-corrected chi connectivity index (χ1v) is 7.04.